The summed E-state index contributed by atoms with van der Waals surface area (Å²) in [4.78, 5) is 25.5. The van der Waals surface area contributed by atoms with Gasteiger partial charge in [0.2, 0.25) is 0 Å². The lowest BCUT2D eigenvalue weighted by molar-refractivity contribution is -0.384. The van der Waals surface area contributed by atoms with Gasteiger partial charge >= 0.3 is 5.97 Å². The Morgan fingerprint density at radius 2 is 2.05 bits per heavy atom. The lowest BCUT2D eigenvalue weighted by Crippen LogP contribution is -2.25. The molecule has 0 fully saturated rings. The van der Waals surface area contributed by atoms with E-state index in [-0.39, 0.29) is 18.1 Å². The van der Waals surface area contributed by atoms with E-state index in [1.807, 2.05) is 6.92 Å². The summed E-state index contributed by atoms with van der Waals surface area (Å²) in [5.41, 5.74) is 1.78. The molecule has 0 aliphatic carbocycles. The highest BCUT2D eigenvalue weighted by molar-refractivity contribution is 5.90. The fourth-order valence-corrected chi connectivity index (χ4v) is 2.23. The van der Waals surface area contributed by atoms with Gasteiger partial charge in [-0.3, -0.25) is 14.9 Å². The predicted molar refractivity (Wildman–Crippen MR) is 79.2 cm³/mol. The number of esters is 1. The number of fused-ring (bicyclic) bond motifs is 1. The van der Waals surface area contributed by atoms with Crippen molar-refractivity contribution >= 4 is 22.6 Å². The number of carbonyl (C=O) groups excluding carboxylic acids is 1. The number of rotatable bonds is 3. The lowest BCUT2D eigenvalue weighted by atomic mass is 10.1. The summed E-state index contributed by atoms with van der Waals surface area (Å²) in [6.07, 6.45) is 0.0876. The van der Waals surface area contributed by atoms with Gasteiger partial charge in [0.15, 0.2) is 0 Å². The zero-order valence-corrected chi connectivity index (χ0v) is 12.5. The standard InChI is InChI=1S/C15H18N2O4/c1-9-11(8-14(18)21-15(2,3)4)12-7-10(17(19)20)5-6-13(12)16-9/h5-7,16H,8H2,1-4H3. The summed E-state index contributed by atoms with van der Waals surface area (Å²) in [5.74, 6) is -0.349. The van der Waals surface area contributed by atoms with Crippen molar-refractivity contribution in [2.75, 3.05) is 0 Å². The van der Waals surface area contributed by atoms with Crippen LogP contribution >= 0.6 is 0 Å². The molecule has 0 saturated carbocycles. The highest BCUT2D eigenvalue weighted by atomic mass is 16.6. The Labute approximate surface area is 122 Å². The zero-order chi connectivity index (χ0) is 15.8. The van der Waals surface area contributed by atoms with Crippen molar-refractivity contribution in [2.45, 2.75) is 39.7 Å². The molecule has 1 aromatic carbocycles. The molecule has 6 nitrogen and oxygen atoms in total. The van der Waals surface area contributed by atoms with Crippen LogP contribution in [0.2, 0.25) is 0 Å². The van der Waals surface area contributed by atoms with Crippen molar-refractivity contribution in [3.05, 3.63) is 39.6 Å². The highest BCUT2D eigenvalue weighted by Gasteiger charge is 2.20. The molecule has 2 aromatic rings. The molecule has 1 N–H and O–H groups in total. The van der Waals surface area contributed by atoms with Crippen molar-refractivity contribution in [3.8, 4) is 0 Å². The smallest absolute Gasteiger partial charge is 0.310 e. The van der Waals surface area contributed by atoms with Gasteiger partial charge in [0.25, 0.3) is 5.69 Å². The van der Waals surface area contributed by atoms with E-state index in [2.05, 4.69) is 4.98 Å². The number of non-ortho nitro benzene ring substituents is 1. The number of hydrogen-bond acceptors (Lipinski definition) is 4. The van der Waals surface area contributed by atoms with Crippen LogP contribution in [-0.2, 0) is 16.0 Å². The molecule has 0 spiro atoms. The van der Waals surface area contributed by atoms with E-state index < -0.39 is 10.5 Å². The number of nitrogens with one attached hydrogen (secondary N) is 1. The quantitative estimate of drug-likeness (QED) is 0.534. The molecule has 6 heteroatoms. The Balaban J connectivity index is 2.38. The molecule has 0 radical (unpaired) electrons. The molecule has 21 heavy (non-hydrogen) atoms. The van der Waals surface area contributed by atoms with Gasteiger partial charge < -0.3 is 9.72 Å². The maximum Gasteiger partial charge on any atom is 0.310 e. The molecular weight excluding hydrogens is 272 g/mol. The third-order valence-corrected chi connectivity index (χ3v) is 3.06. The summed E-state index contributed by atoms with van der Waals surface area (Å²) in [6.45, 7) is 7.25. The number of aromatic amines is 1. The van der Waals surface area contributed by atoms with Crippen molar-refractivity contribution in [1.29, 1.82) is 0 Å². The Kier molecular flexibility index (Phi) is 3.72. The number of H-pyrrole nitrogens is 1. The summed E-state index contributed by atoms with van der Waals surface area (Å²) in [7, 11) is 0. The van der Waals surface area contributed by atoms with Crippen molar-refractivity contribution in [3.63, 3.8) is 0 Å². The average molecular weight is 290 g/mol. The summed E-state index contributed by atoms with van der Waals surface area (Å²) >= 11 is 0. The van der Waals surface area contributed by atoms with Gasteiger partial charge in [0, 0.05) is 28.7 Å². The van der Waals surface area contributed by atoms with Crippen LogP contribution in [-0.4, -0.2) is 21.5 Å². The van der Waals surface area contributed by atoms with Crippen LogP contribution in [0, 0.1) is 17.0 Å². The second-order valence-electron chi connectivity index (χ2n) is 5.98. The Hall–Kier alpha value is -2.37. The second-order valence-corrected chi connectivity index (χ2v) is 5.98. The number of nitro groups is 1. The van der Waals surface area contributed by atoms with Crippen LogP contribution in [0.1, 0.15) is 32.0 Å². The van der Waals surface area contributed by atoms with Gasteiger partial charge in [-0.05, 0) is 39.3 Å². The monoisotopic (exact) mass is 290 g/mol. The van der Waals surface area contributed by atoms with Crippen molar-refractivity contribution in [2.24, 2.45) is 0 Å². The summed E-state index contributed by atoms with van der Waals surface area (Å²) < 4.78 is 5.31. The number of nitro benzene ring substituents is 1. The molecule has 0 atom stereocenters. The topological polar surface area (TPSA) is 85.2 Å². The Morgan fingerprint density at radius 3 is 2.62 bits per heavy atom. The number of aryl methyl sites for hydroxylation is 1. The average Bonchev–Trinajstić information content (AvgIpc) is 2.63. The van der Waals surface area contributed by atoms with Crippen molar-refractivity contribution in [1.82, 2.24) is 4.98 Å². The van der Waals surface area contributed by atoms with E-state index in [0.29, 0.717) is 5.39 Å². The maximum atomic E-state index is 12.0. The van der Waals surface area contributed by atoms with Crippen LogP contribution in [0.15, 0.2) is 18.2 Å². The Bertz CT molecular complexity index is 710. The van der Waals surface area contributed by atoms with Crippen LogP contribution in [0.5, 0.6) is 0 Å². The lowest BCUT2D eigenvalue weighted by Gasteiger charge is -2.19. The molecule has 2 rings (SSSR count). The first-order chi connectivity index (χ1) is 9.67. The van der Waals surface area contributed by atoms with Gasteiger partial charge in [-0.15, -0.1) is 0 Å². The normalized spacial score (nSPS) is 11.6. The fraction of sp³-hybridized carbons (Fsp3) is 0.400. The summed E-state index contributed by atoms with van der Waals surface area (Å²) in [6, 6.07) is 4.58. The molecule has 1 heterocycles. The van der Waals surface area contributed by atoms with Crippen molar-refractivity contribution < 1.29 is 14.5 Å². The zero-order valence-electron chi connectivity index (χ0n) is 12.5. The van der Waals surface area contributed by atoms with E-state index in [1.54, 1.807) is 26.8 Å². The van der Waals surface area contributed by atoms with Gasteiger partial charge in [-0.1, -0.05) is 0 Å². The minimum absolute atomic E-state index is 0.00642. The number of hydrogen-bond donors (Lipinski definition) is 1. The first kappa shape index (κ1) is 15.0. The van der Waals surface area contributed by atoms with Crippen LogP contribution in [0.3, 0.4) is 0 Å². The molecule has 1 aromatic heterocycles. The largest absolute Gasteiger partial charge is 0.460 e. The molecular formula is C15H18N2O4. The second kappa shape index (κ2) is 5.20. The molecule has 0 amide bonds. The first-order valence-electron chi connectivity index (χ1n) is 6.65. The van der Waals surface area contributed by atoms with Crippen LogP contribution < -0.4 is 0 Å². The minimum Gasteiger partial charge on any atom is -0.460 e. The minimum atomic E-state index is -0.552. The van der Waals surface area contributed by atoms with E-state index in [9.17, 15) is 14.9 Å². The molecule has 112 valence electrons. The van der Waals surface area contributed by atoms with Crippen LogP contribution in [0.4, 0.5) is 5.69 Å². The van der Waals surface area contributed by atoms with E-state index in [4.69, 9.17) is 4.74 Å². The molecule has 0 unspecified atom stereocenters. The summed E-state index contributed by atoms with van der Waals surface area (Å²) in [5, 5.41) is 11.6. The van der Waals surface area contributed by atoms with Gasteiger partial charge in [-0.25, -0.2) is 0 Å². The molecule has 0 bridgehead atoms. The maximum absolute atomic E-state index is 12.0. The predicted octanol–water partition coefficient (Wildman–Crippen LogP) is 3.27. The van der Waals surface area contributed by atoms with E-state index >= 15 is 0 Å². The van der Waals surface area contributed by atoms with Gasteiger partial charge in [0.05, 0.1) is 11.3 Å². The third-order valence-electron chi connectivity index (χ3n) is 3.06. The fourth-order valence-electron chi connectivity index (χ4n) is 2.23. The number of aromatic nitrogens is 1. The van der Waals surface area contributed by atoms with E-state index in [1.165, 1.54) is 12.1 Å². The van der Waals surface area contributed by atoms with E-state index in [0.717, 1.165) is 16.8 Å². The molecule has 0 saturated heterocycles. The third kappa shape index (κ3) is 3.39. The number of ether oxygens (including phenoxy) is 1. The first-order valence-corrected chi connectivity index (χ1v) is 6.65. The SMILES string of the molecule is Cc1[nH]c2ccc([N+](=O)[O-])cc2c1CC(=O)OC(C)(C)C. The number of carbonyl (C=O) groups is 1. The Morgan fingerprint density at radius 1 is 1.38 bits per heavy atom. The van der Waals surface area contributed by atoms with Gasteiger partial charge in [0.1, 0.15) is 5.60 Å². The van der Waals surface area contributed by atoms with Gasteiger partial charge in [-0.2, -0.15) is 0 Å². The highest BCUT2D eigenvalue weighted by Crippen LogP contribution is 2.27. The molecule has 0 aliphatic heterocycles. The number of benzene rings is 1. The molecule has 0 aliphatic rings. The van der Waals surface area contributed by atoms with Crippen LogP contribution in [0.25, 0.3) is 10.9 Å². The number of nitrogens with zero attached hydrogens (tertiary/aromatic N) is 1.